The standard InChI is InChI=1S/C26H20N4O2S/c31-22(28-21-12-10-16-6-4-5-9-18(16)21)14-30-15-27-23-19-11-13-20(17-7-2-1-3-8-17)29-25(19)33-24(23)26(30)32/h1-9,11,13,15,21H,10,12,14H2,(H,28,31)/t21-/m0/s1. The second kappa shape index (κ2) is 7.94. The Morgan fingerprint density at radius 1 is 1.06 bits per heavy atom. The molecule has 1 amide bonds. The summed E-state index contributed by atoms with van der Waals surface area (Å²) in [6.07, 6.45) is 3.29. The molecular weight excluding hydrogens is 432 g/mol. The maximum absolute atomic E-state index is 13.1. The molecule has 3 heterocycles. The van der Waals surface area contributed by atoms with Gasteiger partial charge in [0.25, 0.3) is 5.56 Å². The van der Waals surface area contributed by atoms with Crippen LogP contribution in [0.15, 0.2) is 77.9 Å². The van der Waals surface area contributed by atoms with E-state index in [0.29, 0.717) is 10.2 Å². The third-order valence-electron chi connectivity index (χ3n) is 6.16. The summed E-state index contributed by atoms with van der Waals surface area (Å²) in [6.45, 7) is -0.0582. The van der Waals surface area contributed by atoms with Gasteiger partial charge in [-0.1, -0.05) is 54.6 Å². The van der Waals surface area contributed by atoms with Crippen molar-refractivity contribution < 1.29 is 4.79 Å². The number of hydrogen-bond donors (Lipinski definition) is 1. The number of fused-ring (bicyclic) bond motifs is 4. The molecule has 1 aliphatic carbocycles. The number of amides is 1. The van der Waals surface area contributed by atoms with E-state index in [1.807, 2.05) is 54.6 Å². The van der Waals surface area contributed by atoms with Crippen molar-refractivity contribution in [3.63, 3.8) is 0 Å². The van der Waals surface area contributed by atoms with E-state index in [4.69, 9.17) is 4.98 Å². The quantitative estimate of drug-likeness (QED) is 0.436. The van der Waals surface area contributed by atoms with Crippen molar-refractivity contribution in [2.75, 3.05) is 0 Å². The number of nitrogens with zero attached hydrogens (tertiary/aromatic N) is 3. The zero-order chi connectivity index (χ0) is 22.4. The Morgan fingerprint density at radius 2 is 1.88 bits per heavy atom. The first-order valence-corrected chi connectivity index (χ1v) is 11.7. The van der Waals surface area contributed by atoms with Crippen LogP contribution in [0.3, 0.4) is 0 Å². The van der Waals surface area contributed by atoms with Gasteiger partial charge in [0, 0.05) is 10.9 Å². The number of thiophene rings is 1. The molecule has 7 heteroatoms. The third-order valence-corrected chi connectivity index (χ3v) is 7.24. The largest absolute Gasteiger partial charge is 0.348 e. The van der Waals surface area contributed by atoms with Crippen LogP contribution in [-0.4, -0.2) is 20.4 Å². The maximum atomic E-state index is 13.1. The Kier molecular flexibility index (Phi) is 4.77. The number of aromatic nitrogens is 3. The van der Waals surface area contributed by atoms with E-state index in [0.717, 1.165) is 39.9 Å². The molecule has 162 valence electrons. The van der Waals surface area contributed by atoms with Crippen LogP contribution < -0.4 is 10.9 Å². The first-order chi connectivity index (χ1) is 16.2. The SMILES string of the molecule is O=C(Cn1cnc2c(sc3nc(-c4ccccc4)ccc32)c1=O)N[C@H]1CCc2ccccc21. The van der Waals surface area contributed by atoms with Crippen molar-refractivity contribution in [3.05, 3.63) is 94.5 Å². The van der Waals surface area contributed by atoms with E-state index < -0.39 is 0 Å². The molecule has 3 aromatic heterocycles. The molecule has 0 bridgehead atoms. The minimum atomic E-state index is -0.216. The van der Waals surface area contributed by atoms with Crippen LogP contribution >= 0.6 is 11.3 Å². The Hall–Kier alpha value is -3.84. The van der Waals surface area contributed by atoms with Gasteiger partial charge in [0.1, 0.15) is 16.1 Å². The zero-order valence-electron chi connectivity index (χ0n) is 17.7. The predicted octanol–water partition coefficient (Wildman–Crippen LogP) is 4.48. The lowest BCUT2D eigenvalue weighted by molar-refractivity contribution is -0.122. The van der Waals surface area contributed by atoms with Crippen LogP contribution in [0.25, 0.3) is 31.7 Å². The summed E-state index contributed by atoms with van der Waals surface area (Å²) < 4.78 is 1.90. The van der Waals surface area contributed by atoms with Crippen molar-refractivity contribution in [2.24, 2.45) is 0 Å². The summed E-state index contributed by atoms with van der Waals surface area (Å²) in [5, 5.41) is 3.93. The number of hydrogen-bond acceptors (Lipinski definition) is 5. The van der Waals surface area contributed by atoms with Crippen LogP contribution in [-0.2, 0) is 17.8 Å². The van der Waals surface area contributed by atoms with Crippen molar-refractivity contribution in [1.29, 1.82) is 0 Å². The molecular formula is C26H20N4O2S. The first-order valence-electron chi connectivity index (χ1n) is 10.9. The van der Waals surface area contributed by atoms with Gasteiger partial charge in [-0.3, -0.25) is 14.2 Å². The highest BCUT2D eigenvalue weighted by Crippen LogP contribution is 2.32. The van der Waals surface area contributed by atoms with Gasteiger partial charge in [-0.05, 0) is 36.1 Å². The number of carbonyl (C=O) groups excluding carboxylic acids is 1. The minimum Gasteiger partial charge on any atom is -0.348 e. The molecule has 6 nitrogen and oxygen atoms in total. The summed E-state index contributed by atoms with van der Waals surface area (Å²) in [5.41, 5.74) is 4.73. The Bertz CT molecular complexity index is 1570. The fourth-order valence-corrected chi connectivity index (χ4v) is 5.61. The molecule has 2 aromatic carbocycles. The normalized spacial score (nSPS) is 15.1. The van der Waals surface area contributed by atoms with Crippen LogP contribution in [0.5, 0.6) is 0 Å². The highest BCUT2D eigenvalue weighted by atomic mass is 32.1. The molecule has 5 aromatic rings. The van der Waals surface area contributed by atoms with E-state index >= 15 is 0 Å². The summed E-state index contributed by atoms with van der Waals surface area (Å²) in [5.74, 6) is -0.189. The third kappa shape index (κ3) is 3.50. The first kappa shape index (κ1) is 19.8. The Morgan fingerprint density at radius 3 is 2.76 bits per heavy atom. The fourth-order valence-electron chi connectivity index (χ4n) is 4.53. The number of benzene rings is 2. The monoisotopic (exact) mass is 452 g/mol. The lowest BCUT2D eigenvalue weighted by Gasteiger charge is -2.14. The van der Waals surface area contributed by atoms with Crippen molar-refractivity contribution in [2.45, 2.75) is 25.4 Å². The summed E-state index contributed by atoms with van der Waals surface area (Å²) in [4.78, 5) is 35.9. The molecule has 0 spiro atoms. The zero-order valence-corrected chi connectivity index (χ0v) is 18.5. The number of aryl methyl sites for hydroxylation is 1. The van der Waals surface area contributed by atoms with E-state index in [1.54, 1.807) is 0 Å². The molecule has 1 N–H and O–H groups in total. The highest BCUT2D eigenvalue weighted by Gasteiger charge is 2.23. The Labute approximate surface area is 193 Å². The van der Waals surface area contributed by atoms with Crippen LogP contribution in [0.1, 0.15) is 23.6 Å². The minimum absolute atomic E-state index is 0.00831. The molecule has 0 saturated carbocycles. The van der Waals surface area contributed by atoms with E-state index in [9.17, 15) is 9.59 Å². The molecule has 1 aliphatic rings. The van der Waals surface area contributed by atoms with E-state index in [1.165, 1.54) is 27.8 Å². The van der Waals surface area contributed by atoms with Crippen molar-refractivity contribution in [3.8, 4) is 11.3 Å². The van der Waals surface area contributed by atoms with Crippen LogP contribution in [0.4, 0.5) is 0 Å². The summed E-state index contributed by atoms with van der Waals surface area (Å²) >= 11 is 1.32. The molecule has 0 fully saturated rings. The fraction of sp³-hybridized carbons (Fsp3) is 0.154. The Balaban J connectivity index is 1.29. The number of rotatable bonds is 4. The molecule has 0 radical (unpaired) electrons. The summed E-state index contributed by atoms with van der Waals surface area (Å²) in [7, 11) is 0. The van der Waals surface area contributed by atoms with Gasteiger partial charge >= 0.3 is 0 Å². The number of carbonyl (C=O) groups is 1. The molecule has 0 unspecified atom stereocenters. The van der Waals surface area contributed by atoms with Gasteiger partial charge in [-0.2, -0.15) is 0 Å². The second-order valence-electron chi connectivity index (χ2n) is 8.23. The summed E-state index contributed by atoms with van der Waals surface area (Å²) in [6, 6.07) is 22.0. The highest BCUT2D eigenvalue weighted by molar-refractivity contribution is 7.25. The number of nitrogens with one attached hydrogen (secondary N) is 1. The molecule has 0 aliphatic heterocycles. The van der Waals surface area contributed by atoms with Gasteiger partial charge in [-0.15, -0.1) is 11.3 Å². The van der Waals surface area contributed by atoms with Gasteiger partial charge in [0.2, 0.25) is 5.91 Å². The lowest BCUT2D eigenvalue weighted by Crippen LogP contribution is -2.34. The smallest absolute Gasteiger partial charge is 0.271 e. The van der Waals surface area contributed by atoms with Gasteiger partial charge in [-0.25, -0.2) is 9.97 Å². The predicted molar refractivity (Wildman–Crippen MR) is 130 cm³/mol. The van der Waals surface area contributed by atoms with Gasteiger partial charge in [0.15, 0.2) is 0 Å². The molecule has 33 heavy (non-hydrogen) atoms. The van der Waals surface area contributed by atoms with Crippen LogP contribution in [0.2, 0.25) is 0 Å². The lowest BCUT2D eigenvalue weighted by atomic mass is 10.1. The molecule has 1 atom stereocenters. The number of pyridine rings is 1. The van der Waals surface area contributed by atoms with E-state index in [-0.39, 0.29) is 24.1 Å². The van der Waals surface area contributed by atoms with Crippen LogP contribution in [0, 0.1) is 0 Å². The van der Waals surface area contributed by atoms with Crippen molar-refractivity contribution in [1.82, 2.24) is 19.9 Å². The molecule has 0 saturated heterocycles. The van der Waals surface area contributed by atoms with Crippen molar-refractivity contribution >= 4 is 37.7 Å². The van der Waals surface area contributed by atoms with E-state index in [2.05, 4.69) is 22.4 Å². The average Bonchev–Trinajstić information content (AvgIpc) is 3.43. The average molecular weight is 453 g/mol. The maximum Gasteiger partial charge on any atom is 0.271 e. The topological polar surface area (TPSA) is 76.9 Å². The molecule has 6 rings (SSSR count). The van der Waals surface area contributed by atoms with Gasteiger partial charge in [0.05, 0.1) is 23.6 Å². The second-order valence-corrected chi connectivity index (χ2v) is 9.23. The van der Waals surface area contributed by atoms with Gasteiger partial charge < -0.3 is 5.32 Å².